The Hall–Kier alpha value is -1.40. The number of rotatable bonds is 7. The lowest BCUT2D eigenvalue weighted by molar-refractivity contribution is 0.267. The fourth-order valence-corrected chi connectivity index (χ4v) is 1.70. The number of aliphatic hydroxyl groups excluding tert-OH is 1. The van der Waals surface area contributed by atoms with Crippen LogP contribution in [0, 0.1) is 5.92 Å². The van der Waals surface area contributed by atoms with E-state index in [1.165, 1.54) is 0 Å². The lowest BCUT2D eigenvalue weighted by Crippen LogP contribution is -2.27. The lowest BCUT2D eigenvalue weighted by atomic mass is 10.0. The van der Waals surface area contributed by atoms with Crippen molar-refractivity contribution in [3.8, 4) is 0 Å². The Morgan fingerprint density at radius 1 is 1.33 bits per heavy atom. The zero-order chi connectivity index (χ0) is 13.5. The first-order valence-electron chi connectivity index (χ1n) is 6.32. The largest absolute Gasteiger partial charge is 0.396 e. The second-order valence-corrected chi connectivity index (χ2v) is 4.56. The number of hydrogen-bond acceptors (Lipinski definition) is 6. The molecule has 1 rings (SSSR count). The van der Waals surface area contributed by atoms with E-state index >= 15 is 0 Å². The summed E-state index contributed by atoms with van der Waals surface area (Å²) in [6, 6.07) is 1.95. The molecular formula is C12H23N5O. The highest BCUT2D eigenvalue weighted by Crippen LogP contribution is 2.16. The fraction of sp³-hybridized carbons (Fsp3) is 0.667. The summed E-state index contributed by atoms with van der Waals surface area (Å²) in [6.07, 6.45) is 1.44. The van der Waals surface area contributed by atoms with Crippen LogP contribution in [0.1, 0.15) is 33.0 Å². The Balaban J connectivity index is 2.87. The van der Waals surface area contributed by atoms with Crippen LogP contribution in [0.2, 0.25) is 0 Å². The predicted molar refractivity (Wildman–Crippen MR) is 73.2 cm³/mol. The number of aliphatic hydroxyl groups is 1. The van der Waals surface area contributed by atoms with Crippen LogP contribution in [0.3, 0.4) is 0 Å². The van der Waals surface area contributed by atoms with Gasteiger partial charge in [-0.1, -0.05) is 20.8 Å². The Labute approximate surface area is 108 Å². The molecule has 0 aliphatic rings. The van der Waals surface area contributed by atoms with E-state index < -0.39 is 0 Å². The van der Waals surface area contributed by atoms with E-state index in [9.17, 15) is 0 Å². The molecule has 1 atom stereocenters. The van der Waals surface area contributed by atoms with Crippen LogP contribution in [0.25, 0.3) is 0 Å². The summed E-state index contributed by atoms with van der Waals surface area (Å²) in [4.78, 5) is 8.64. The zero-order valence-electron chi connectivity index (χ0n) is 11.3. The first-order chi connectivity index (χ1) is 8.60. The molecule has 18 heavy (non-hydrogen) atoms. The maximum Gasteiger partial charge on any atom is 0.145 e. The highest BCUT2D eigenvalue weighted by Gasteiger charge is 2.14. The maximum atomic E-state index is 9.06. The minimum atomic E-state index is 0.156. The molecule has 5 N–H and O–H groups in total. The van der Waals surface area contributed by atoms with Gasteiger partial charge in [0.25, 0.3) is 0 Å². The predicted octanol–water partition coefficient (Wildman–Crippen LogP) is 1.14. The van der Waals surface area contributed by atoms with Crippen molar-refractivity contribution in [2.24, 2.45) is 11.8 Å². The standard InChI is InChI=1S/C12H23N5O/c1-4-10-15-11(7-12(16-10)17-13)14-9(5-6-18)8(2)3/h7-9,18H,4-6,13H2,1-3H3,(H2,14,15,16,17). The van der Waals surface area contributed by atoms with Gasteiger partial charge in [0.15, 0.2) is 0 Å². The minimum absolute atomic E-state index is 0.156. The quantitative estimate of drug-likeness (QED) is 0.430. The third kappa shape index (κ3) is 4.12. The van der Waals surface area contributed by atoms with Crippen molar-refractivity contribution in [3.63, 3.8) is 0 Å². The summed E-state index contributed by atoms with van der Waals surface area (Å²) in [6.45, 7) is 6.37. The minimum Gasteiger partial charge on any atom is -0.396 e. The van der Waals surface area contributed by atoms with Gasteiger partial charge in [-0.2, -0.15) is 0 Å². The molecule has 0 spiro atoms. The SMILES string of the molecule is CCc1nc(NN)cc(NC(CCO)C(C)C)n1. The number of nitrogens with zero attached hydrogens (tertiary/aromatic N) is 2. The fourth-order valence-electron chi connectivity index (χ4n) is 1.70. The molecule has 0 saturated heterocycles. The van der Waals surface area contributed by atoms with E-state index in [1.807, 2.05) is 6.92 Å². The van der Waals surface area contributed by atoms with Crippen molar-refractivity contribution in [1.29, 1.82) is 0 Å². The highest BCUT2D eigenvalue weighted by atomic mass is 16.3. The van der Waals surface area contributed by atoms with Crippen molar-refractivity contribution in [2.75, 3.05) is 17.3 Å². The van der Waals surface area contributed by atoms with E-state index in [2.05, 4.69) is 34.6 Å². The maximum absolute atomic E-state index is 9.06. The number of aryl methyl sites for hydroxylation is 1. The number of anilines is 2. The highest BCUT2D eigenvalue weighted by molar-refractivity contribution is 5.47. The summed E-state index contributed by atoms with van der Waals surface area (Å²) < 4.78 is 0. The number of nitrogens with two attached hydrogens (primary N) is 1. The average Bonchev–Trinajstić information content (AvgIpc) is 2.37. The molecule has 1 aromatic rings. The van der Waals surface area contributed by atoms with Gasteiger partial charge >= 0.3 is 0 Å². The molecule has 102 valence electrons. The molecule has 0 radical (unpaired) electrons. The Morgan fingerprint density at radius 3 is 2.50 bits per heavy atom. The van der Waals surface area contributed by atoms with E-state index in [0.29, 0.717) is 18.2 Å². The number of aromatic nitrogens is 2. The van der Waals surface area contributed by atoms with Gasteiger partial charge in [-0.15, -0.1) is 0 Å². The molecule has 6 heteroatoms. The summed E-state index contributed by atoms with van der Waals surface area (Å²) in [5.41, 5.74) is 2.54. The van der Waals surface area contributed by atoms with E-state index in [4.69, 9.17) is 10.9 Å². The van der Waals surface area contributed by atoms with Gasteiger partial charge in [-0.3, -0.25) is 0 Å². The second-order valence-electron chi connectivity index (χ2n) is 4.56. The molecule has 0 amide bonds. The van der Waals surface area contributed by atoms with Gasteiger partial charge < -0.3 is 15.8 Å². The topological polar surface area (TPSA) is 96.1 Å². The number of hydrazine groups is 1. The van der Waals surface area contributed by atoms with Gasteiger partial charge in [-0.25, -0.2) is 15.8 Å². The lowest BCUT2D eigenvalue weighted by Gasteiger charge is -2.22. The van der Waals surface area contributed by atoms with Crippen LogP contribution in [0.5, 0.6) is 0 Å². The third-order valence-electron chi connectivity index (χ3n) is 2.81. The molecular weight excluding hydrogens is 230 g/mol. The second kappa shape index (κ2) is 7.13. The number of hydrogen-bond donors (Lipinski definition) is 4. The normalized spacial score (nSPS) is 12.6. The van der Waals surface area contributed by atoms with Crippen LogP contribution < -0.4 is 16.6 Å². The van der Waals surface area contributed by atoms with Crippen molar-refractivity contribution in [3.05, 3.63) is 11.9 Å². The molecule has 0 aliphatic carbocycles. The number of nitrogen functional groups attached to an aromatic ring is 1. The number of nitrogens with one attached hydrogen (secondary N) is 2. The third-order valence-corrected chi connectivity index (χ3v) is 2.81. The molecule has 0 aromatic carbocycles. The van der Waals surface area contributed by atoms with E-state index in [-0.39, 0.29) is 12.6 Å². The molecule has 0 aliphatic heterocycles. The summed E-state index contributed by atoms with van der Waals surface area (Å²) in [5, 5.41) is 12.4. The monoisotopic (exact) mass is 253 g/mol. The molecule has 1 aromatic heterocycles. The smallest absolute Gasteiger partial charge is 0.145 e. The van der Waals surface area contributed by atoms with Gasteiger partial charge in [0.05, 0.1) is 0 Å². The van der Waals surface area contributed by atoms with Crippen LogP contribution in [-0.4, -0.2) is 27.7 Å². The molecule has 1 unspecified atom stereocenters. The van der Waals surface area contributed by atoms with Crippen molar-refractivity contribution >= 4 is 11.6 Å². The van der Waals surface area contributed by atoms with Gasteiger partial charge in [0, 0.05) is 25.1 Å². The molecule has 6 nitrogen and oxygen atoms in total. The van der Waals surface area contributed by atoms with Crippen LogP contribution in [0.4, 0.5) is 11.6 Å². The molecule has 0 saturated carbocycles. The van der Waals surface area contributed by atoms with E-state index in [0.717, 1.165) is 18.1 Å². The molecule has 0 bridgehead atoms. The van der Waals surface area contributed by atoms with Crippen LogP contribution in [-0.2, 0) is 6.42 Å². The van der Waals surface area contributed by atoms with Crippen LogP contribution in [0.15, 0.2) is 6.07 Å². The summed E-state index contributed by atoms with van der Waals surface area (Å²) >= 11 is 0. The first kappa shape index (κ1) is 14.7. The summed E-state index contributed by atoms with van der Waals surface area (Å²) in [7, 11) is 0. The zero-order valence-corrected chi connectivity index (χ0v) is 11.3. The van der Waals surface area contributed by atoms with Crippen molar-refractivity contribution in [2.45, 2.75) is 39.7 Å². The van der Waals surface area contributed by atoms with E-state index in [1.54, 1.807) is 6.07 Å². The van der Waals surface area contributed by atoms with Crippen LogP contribution >= 0.6 is 0 Å². The Bertz CT molecular complexity index is 347. The summed E-state index contributed by atoms with van der Waals surface area (Å²) in [5.74, 6) is 7.86. The van der Waals surface area contributed by atoms with Gasteiger partial charge in [-0.05, 0) is 12.3 Å². The van der Waals surface area contributed by atoms with Gasteiger partial charge in [0.1, 0.15) is 17.5 Å². The molecule has 0 fully saturated rings. The Morgan fingerprint density at radius 2 is 2.00 bits per heavy atom. The van der Waals surface area contributed by atoms with Gasteiger partial charge in [0.2, 0.25) is 0 Å². The van der Waals surface area contributed by atoms with Crippen molar-refractivity contribution in [1.82, 2.24) is 9.97 Å². The Kier molecular flexibility index (Phi) is 5.80. The van der Waals surface area contributed by atoms with Crippen molar-refractivity contribution < 1.29 is 5.11 Å². The average molecular weight is 253 g/mol. The molecule has 1 heterocycles. The first-order valence-corrected chi connectivity index (χ1v) is 6.32.